The van der Waals surface area contributed by atoms with Gasteiger partial charge in [0, 0.05) is 6.54 Å². The first kappa shape index (κ1) is 15.6. The maximum Gasteiger partial charge on any atom is 0.244 e. The van der Waals surface area contributed by atoms with E-state index in [1.165, 1.54) is 4.68 Å². The molecule has 1 aromatic rings. The van der Waals surface area contributed by atoms with Gasteiger partial charge in [0.05, 0.1) is 6.20 Å². The fourth-order valence-corrected chi connectivity index (χ4v) is 1.50. The first-order valence-electron chi connectivity index (χ1n) is 6.64. The van der Waals surface area contributed by atoms with Crippen molar-refractivity contribution in [2.24, 2.45) is 5.92 Å². The highest BCUT2D eigenvalue weighted by atomic mass is 16.3. The molecule has 1 amide bonds. The molecular weight excluding hydrogens is 244 g/mol. The average Bonchev–Trinajstić information content (AvgIpc) is 2.76. The molecule has 1 aromatic heterocycles. The Morgan fingerprint density at radius 3 is 2.58 bits per heavy atom. The first-order chi connectivity index (χ1) is 8.71. The molecule has 1 unspecified atom stereocenters. The summed E-state index contributed by atoms with van der Waals surface area (Å²) in [5, 5.41) is 20.5. The predicted octanol–water partition coefficient (Wildman–Crippen LogP) is 1.23. The van der Waals surface area contributed by atoms with E-state index in [1.54, 1.807) is 27.0 Å². The van der Waals surface area contributed by atoms with Gasteiger partial charge < -0.3 is 10.4 Å². The number of hydrogen-bond acceptors (Lipinski definition) is 4. The van der Waals surface area contributed by atoms with Crippen LogP contribution in [0.1, 0.15) is 52.8 Å². The van der Waals surface area contributed by atoms with Crippen LogP contribution in [0.5, 0.6) is 0 Å². The normalized spacial score (nSPS) is 13.6. The fourth-order valence-electron chi connectivity index (χ4n) is 1.50. The largest absolute Gasteiger partial charge is 0.384 e. The smallest absolute Gasteiger partial charge is 0.244 e. The lowest BCUT2D eigenvalue weighted by atomic mass is 10.1. The van der Waals surface area contributed by atoms with E-state index in [0.717, 1.165) is 6.42 Å². The van der Waals surface area contributed by atoms with E-state index in [9.17, 15) is 9.90 Å². The molecule has 108 valence electrons. The summed E-state index contributed by atoms with van der Waals surface area (Å²) < 4.78 is 1.47. The Morgan fingerprint density at radius 2 is 2.11 bits per heavy atom. The number of aromatic nitrogens is 3. The van der Waals surface area contributed by atoms with Gasteiger partial charge in [-0.25, -0.2) is 4.68 Å². The Kier molecular flexibility index (Phi) is 5.05. The van der Waals surface area contributed by atoms with Gasteiger partial charge in [-0.15, -0.1) is 5.10 Å². The number of nitrogens with one attached hydrogen (secondary N) is 1. The van der Waals surface area contributed by atoms with Gasteiger partial charge in [-0.05, 0) is 33.1 Å². The van der Waals surface area contributed by atoms with E-state index in [4.69, 9.17) is 0 Å². The number of carbonyl (C=O) groups excluding carboxylic acids is 1. The van der Waals surface area contributed by atoms with E-state index in [1.807, 2.05) is 0 Å². The van der Waals surface area contributed by atoms with Gasteiger partial charge in [0.15, 0.2) is 0 Å². The molecule has 0 aliphatic heterocycles. The summed E-state index contributed by atoms with van der Waals surface area (Å²) >= 11 is 0. The molecule has 0 fully saturated rings. The van der Waals surface area contributed by atoms with Crippen molar-refractivity contribution in [1.82, 2.24) is 20.3 Å². The molecule has 6 nitrogen and oxygen atoms in total. The lowest BCUT2D eigenvalue weighted by Crippen LogP contribution is -2.32. The molecule has 1 rings (SSSR count). The van der Waals surface area contributed by atoms with Crippen molar-refractivity contribution in [3.8, 4) is 0 Å². The molecule has 0 saturated heterocycles. The van der Waals surface area contributed by atoms with Crippen molar-refractivity contribution < 1.29 is 9.90 Å². The van der Waals surface area contributed by atoms with Crippen molar-refractivity contribution >= 4 is 5.91 Å². The van der Waals surface area contributed by atoms with Gasteiger partial charge in [0.2, 0.25) is 5.91 Å². The quantitative estimate of drug-likeness (QED) is 0.813. The molecule has 0 aliphatic carbocycles. The van der Waals surface area contributed by atoms with Crippen LogP contribution in [0, 0.1) is 5.92 Å². The number of aliphatic hydroxyl groups is 1. The van der Waals surface area contributed by atoms with Gasteiger partial charge in [-0.2, -0.15) is 0 Å². The van der Waals surface area contributed by atoms with Crippen LogP contribution in [0.3, 0.4) is 0 Å². The summed E-state index contributed by atoms with van der Waals surface area (Å²) in [4.78, 5) is 11.9. The van der Waals surface area contributed by atoms with Crippen molar-refractivity contribution in [2.75, 3.05) is 6.54 Å². The molecule has 0 radical (unpaired) electrons. The van der Waals surface area contributed by atoms with E-state index in [2.05, 4.69) is 29.5 Å². The first-order valence-corrected chi connectivity index (χ1v) is 6.64. The zero-order valence-electron chi connectivity index (χ0n) is 12.3. The van der Waals surface area contributed by atoms with Crippen LogP contribution in [0.25, 0.3) is 0 Å². The van der Waals surface area contributed by atoms with E-state index in [-0.39, 0.29) is 5.91 Å². The lowest BCUT2D eigenvalue weighted by Gasteiger charge is -2.14. The van der Waals surface area contributed by atoms with E-state index < -0.39 is 11.6 Å². The predicted molar refractivity (Wildman–Crippen MR) is 72.4 cm³/mol. The van der Waals surface area contributed by atoms with E-state index in [0.29, 0.717) is 18.2 Å². The third-order valence-electron chi connectivity index (χ3n) is 2.93. The van der Waals surface area contributed by atoms with Crippen molar-refractivity contribution in [3.63, 3.8) is 0 Å². The second kappa shape index (κ2) is 6.14. The van der Waals surface area contributed by atoms with Gasteiger partial charge in [0.25, 0.3) is 0 Å². The molecule has 6 heteroatoms. The minimum absolute atomic E-state index is 0.0900. The molecule has 1 atom stereocenters. The molecule has 0 spiro atoms. The van der Waals surface area contributed by atoms with Gasteiger partial charge in [-0.3, -0.25) is 4.79 Å². The van der Waals surface area contributed by atoms with Gasteiger partial charge >= 0.3 is 0 Å². The minimum Gasteiger partial charge on any atom is -0.384 e. The Bertz CT molecular complexity index is 421. The highest BCUT2D eigenvalue weighted by molar-refractivity contribution is 5.79. The number of rotatable bonds is 6. The van der Waals surface area contributed by atoms with Crippen molar-refractivity contribution in [3.05, 3.63) is 11.9 Å². The Morgan fingerprint density at radius 1 is 1.47 bits per heavy atom. The van der Waals surface area contributed by atoms with Crippen LogP contribution in [-0.4, -0.2) is 32.6 Å². The summed E-state index contributed by atoms with van der Waals surface area (Å²) in [7, 11) is 0. The number of nitrogens with zero attached hydrogens (tertiary/aromatic N) is 3. The number of carbonyl (C=O) groups is 1. The third kappa shape index (κ3) is 4.63. The Hall–Kier alpha value is -1.43. The molecule has 2 N–H and O–H groups in total. The second-order valence-electron chi connectivity index (χ2n) is 5.79. The van der Waals surface area contributed by atoms with Crippen LogP contribution in [0.15, 0.2) is 6.20 Å². The maximum atomic E-state index is 11.9. The topological polar surface area (TPSA) is 80.0 Å². The zero-order chi connectivity index (χ0) is 14.6. The van der Waals surface area contributed by atoms with Crippen LogP contribution in [0.4, 0.5) is 0 Å². The van der Waals surface area contributed by atoms with Crippen LogP contribution < -0.4 is 5.32 Å². The summed E-state index contributed by atoms with van der Waals surface area (Å²) in [5.74, 6) is 0.469. The lowest BCUT2D eigenvalue weighted by molar-refractivity contribution is -0.124. The van der Waals surface area contributed by atoms with Crippen molar-refractivity contribution in [1.29, 1.82) is 0 Å². The summed E-state index contributed by atoms with van der Waals surface area (Å²) in [6.45, 7) is 9.91. The summed E-state index contributed by atoms with van der Waals surface area (Å²) in [6, 6.07) is -0.434. The second-order valence-corrected chi connectivity index (χ2v) is 5.79. The molecular formula is C13H24N4O2. The van der Waals surface area contributed by atoms with Crippen LogP contribution in [0.2, 0.25) is 0 Å². The monoisotopic (exact) mass is 268 g/mol. The molecule has 0 saturated carbocycles. The maximum absolute atomic E-state index is 11.9. The third-order valence-corrected chi connectivity index (χ3v) is 2.93. The van der Waals surface area contributed by atoms with Crippen LogP contribution in [-0.2, 0) is 10.4 Å². The number of amides is 1. The Labute approximate surface area is 114 Å². The molecule has 19 heavy (non-hydrogen) atoms. The SMILES string of the molecule is CC(C)CCNC(=O)C(C)n1cc(C(C)(C)O)nn1. The highest BCUT2D eigenvalue weighted by Gasteiger charge is 2.23. The van der Waals surface area contributed by atoms with Gasteiger partial charge in [-0.1, -0.05) is 19.1 Å². The van der Waals surface area contributed by atoms with Crippen molar-refractivity contribution in [2.45, 2.75) is 52.7 Å². The molecule has 0 bridgehead atoms. The standard InChI is InChI=1S/C13H24N4O2/c1-9(2)6-7-14-12(18)10(3)17-8-11(15-16-17)13(4,5)19/h8-10,19H,6-7H2,1-5H3,(H,14,18). The highest BCUT2D eigenvalue weighted by Crippen LogP contribution is 2.17. The summed E-state index contributed by atoms with van der Waals surface area (Å²) in [5.41, 5.74) is -0.596. The van der Waals surface area contributed by atoms with Gasteiger partial charge in [0.1, 0.15) is 17.3 Å². The molecule has 0 aromatic carbocycles. The number of hydrogen-bond donors (Lipinski definition) is 2. The molecule has 1 heterocycles. The molecule has 0 aliphatic rings. The zero-order valence-corrected chi connectivity index (χ0v) is 12.3. The van der Waals surface area contributed by atoms with E-state index >= 15 is 0 Å². The average molecular weight is 268 g/mol. The minimum atomic E-state index is -1.05. The fraction of sp³-hybridized carbons (Fsp3) is 0.769. The Balaban J connectivity index is 2.59. The summed E-state index contributed by atoms with van der Waals surface area (Å²) in [6.07, 6.45) is 2.55. The van der Waals surface area contributed by atoms with Crippen LogP contribution >= 0.6 is 0 Å².